The molecule has 2 saturated carbocycles. The van der Waals surface area contributed by atoms with Crippen molar-refractivity contribution in [3.8, 4) is 0 Å². The van der Waals surface area contributed by atoms with E-state index < -0.39 is 82.7 Å². The number of carbonyl (C=O) groups is 5. The number of rotatable bonds is 7. The Bertz CT molecular complexity index is 1960. The summed E-state index contributed by atoms with van der Waals surface area (Å²) in [5.74, 6) is -4.87. The Morgan fingerprint density at radius 2 is 1.15 bits per heavy atom. The molecule has 10 unspecified atom stereocenters. The van der Waals surface area contributed by atoms with E-state index in [1.54, 1.807) is 111 Å². The van der Waals surface area contributed by atoms with Crippen LogP contribution in [0.25, 0.3) is 0 Å². The number of fused-ring (bicyclic) bond motifs is 1. The van der Waals surface area contributed by atoms with Gasteiger partial charge in [0.05, 0.1) is 22.6 Å². The number of benzene rings is 3. The predicted molar refractivity (Wildman–Crippen MR) is 192 cm³/mol. The Balaban J connectivity index is 1.39. The van der Waals surface area contributed by atoms with Crippen LogP contribution in [-0.2, 0) is 33.3 Å². The quantitative estimate of drug-likeness (QED) is 0.114. The summed E-state index contributed by atoms with van der Waals surface area (Å²) >= 11 is 0. The Morgan fingerprint density at radius 1 is 0.679 bits per heavy atom. The molecule has 10 atom stereocenters. The van der Waals surface area contributed by atoms with Gasteiger partial charge in [-0.15, -0.1) is 0 Å². The summed E-state index contributed by atoms with van der Waals surface area (Å²) < 4.78 is 31.5. The van der Waals surface area contributed by atoms with Gasteiger partial charge in [0.1, 0.15) is 18.3 Å². The Hall–Kier alpha value is -5.09. The van der Waals surface area contributed by atoms with Crippen molar-refractivity contribution in [2.24, 2.45) is 29.1 Å². The number of ether oxygens (including phenoxy) is 5. The second-order valence-electron chi connectivity index (χ2n) is 15.5. The van der Waals surface area contributed by atoms with Gasteiger partial charge in [-0.05, 0) is 72.7 Å². The fourth-order valence-corrected chi connectivity index (χ4v) is 9.12. The summed E-state index contributed by atoms with van der Waals surface area (Å²) in [6.07, 6.45) is -2.14. The van der Waals surface area contributed by atoms with Crippen molar-refractivity contribution in [1.82, 2.24) is 0 Å². The molecular weight excluding hydrogens is 676 g/mol. The van der Waals surface area contributed by atoms with Crippen molar-refractivity contribution in [2.75, 3.05) is 0 Å². The van der Waals surface area contributed by atoms with Gasteiger partial charge in [-0.2, -0.15) is 0 Å². The van der Waals surface area contributed by atoms with E-state index in [2.05, 4.69) is 0 Å². The highest BCUT2D eigenvalue weighted by atomic mass is 16.7. The molecule has 7 rings (SSSR count). The zero-order valence-electron chi connectivity index (χ0n) is 30.6. The van der Waals surface area contributed by atoms with E-state index in [1.807, 2.05) is 20.8 Å². The van der Waals surface area contributed by atoms with Crippen molar-refractivity contribution < 1.29 is 47.7 Å². The SMILES string of the molecule is CC(=O)OC1C(C)C(=O)C23CC(C)C(OC(=O)c4ccccc4)C2(/C=C(\C)C(OC(=O)c2ccccc2)C(OC(=O)c2ccccc2)C2C1C2(C)C)O3. The molecule has 53 heavy (non-hydrogen) atoms. The van der Waals surface area contributed by atoms with Gasteiger partial charge in [-0.3, -0.25) is 9.59 Å². The van der Waals surface area contributed by atoms with Gasteiger partial charge in [0.25, 0.3) is 0 Å². The largest absolute Gasteiger partial charge is 0.461 e. The van der Waals surface area contributed by atoms with E-state index >= 15 is 0 Å². The van der Waals surface area contributed by atoms with Crippen LogP contribution in [0.4, 0.5) is 0 Å². The van der Waals surface area contributed by atoms with E-state index in [9.17, 15) is 24.0 Å². The fourth-order valence-electron chi connectivity index (χ4n) is 9.12. The van der Waals surface area contributed by atoms with Gasteiger partial charge in [0.15, 0.2) is 23.1 Å². The lowest BCUT2D eigenvalue weighted by molar-refractivity contribution is -0.154. The van der Waals surface area contributed by atoms with Gasteiger partial charge >= 0.3 is 23.9 Å². The van der Waals surface area contributed by atoms with Crippen molar-refractivity contribution >= 4 is 29.7 Å². The number of hydrogen-bond donors (Lipinski definition) is 0. The van der Waals surface area contributed by atoms with E-state index in [1.165, 1.54) is 6.92 Å². The smallest absolute Gasteiger partial charge is 0.338 e. The van der Waals surface area contributed by atoms with Crippen LogP contribution in [0.1, 0.15) is 79.0 Å². The summed E-state index contributed by atoms with van der Waals surface area (Å²) in [5.41, 5.74) is -2.12. The molecule has 0 spiro atoms. The topological polar surface area (TPSA) is 135 Å². The molecule has 1 heterocycles. The monoisotopic (exact) mass is 720 g/mol. The van der Waals surface area contributed by atoms with Crippen LogP contribution in [-0.4, -0.2) is 65.3 Å². The van der Waals surface area contributed by atoms with E-state index in [0.717, 1.165) is 0 Å². The lowest BCUT2D eigenvalue weighted by atomic mass is 9.80. The first-order valence-electron chi connectivity index (χ1n) is 18.1. The molecule has 1 aliphatic heterocycles. The van der Waals surface area contributed by atoms with Gasteiger partial charge in [0.2, 0.25) is 0 Å². The van der Waals surface area contributed by atoms with Gasteiger partial charge in [-0.25, -0.2) is 14.4 Å². The van der Waals surface area contributed by atoms with Crippen LogP contribution in [0.5, 0.6) is 0 Å². The molecule has 0 radical (unpaired) electrons. The van der Waals surface area contributed by atoms with Crippen LogP contribution in [0.15, 0.2) is 103 Å². The number of epoxide rings is 1. The number of Topliss-reactive ketones (excluding diaryl/α,β-unsaturated/α-hetero) is 1. The average molecular weight is 721 g/mol. The molecule has 4 aliphatic rings. The standard InChI is InChI=1S/C43H44O10/c1-24-22-43-37(52-40(48)30-20-14-9-15-21-30)25(2)23-42(43,53-43)36(45)26(3)34(49-27(4)44)31-32(41(31,5)6)35(51-39(47)29-18-12-8-13-19-29)33(24)50-38(46)28-16-10-7-11-17-28/h7-22,25-26,31-35,37H,23H2,1-6H3/b24-22+. The van der Waals surface area contributed by atoms with E-state index in [4.69, 9.17) is 23.7 Å². The molecule has 0 amide bonds. The molecule has 3 aromatic carbocycles. The lowest BCUT2D eigenvalue weighted by Gasteiger charge is -2.31. The zero-order chi connectivity index (χ0) is 37.9. The third kappa shape index (κ3) is 6.16. The Labute approximate surface area is 308 Å². The minimum Gasteiger partial charge on any atom is -0.461 e. The van der Waals surface area contributed by atoms with Crippen LogP contribution >= 0.6 is 0 Å². The molecule has 3 aliphatic carbocycles. The molecule has 10 nitrogen and oxygen atoms in total. The molecule has 0 aromatic heterocycles. The minimum atomic E-state index is -1.44. The van der Waals surface area contributed by atoms with Crippen LogP contribution < -0.4 is 0 Å². The highest BCUT2D eigenvalue weighted by molar-refractivity contribution is 5.97. The van der Waals surface area contributed by atoms with Gasteiger partial charge < -0.3 is 23.7 Å². The molecule has 0 bridgehead atoms. The third-order valence-electron chi connectivity index (χ3n) is 11.7. The number of carbonyl (C=O) groups excluding carboxylic acids is 5. The molecule has 276 valence electrons. The second kappa shape index (κ2) is 13.4. The Kier molecular flexibility index (Phi) is 9.17. The van der Waals surface area contributed by atoms with Gasteiger partial charge in [0, 0.05) is 18.8 Å². The van der Waals surface area contributed by atoms with Crippen LogP contribution in [0.2, 0.25) is 0 Å². The van der Waals surface area contributed by atoms with Crippen molar-refractivity contribution in [3.05, 3.63) is 119 Å². The first-order valence-corrected chi connectivity index (χ1v) is 18.1. The summed E-state index contributed by atoms with van der Waals surface area (Å²) in [6.45, 7) is 10.6. The summed E-state index contributed by atoms with van der Waals surface area (Å²) in [5, 5.41) is 0. The highest BCUT2D eigenvalue weighted by Crippen LogP contribution is 2.69. The Morgan fingerprint density at radius 3 is 1.66 bits per heavy atom. The molecule has 3 fully saturated rings. The molecular formula is C43H44O10. The number of ketones is 1. The fraction of sp³-hybridized carbons (Fsp3) is 0.419. The van der Waals surface area contributed by atoms with Crippen molar-refractivity contribution in [3.63, 3.8) is 0 Å². The van der Waals surface area contributed by atoms with Crippen molar-refractivity contribution in [1.29, 1.82) is 0 Å². The predicted octanol–water partition coefficient (Wildman–Crippen LogP) is 6.58. The number of esters is 4. The summed E-state index contributed by atoms with van der Waals surface area (Å²) in [4.78, 5) is 68.9. The molecule has 1 saturated heterocycles. The highest BCUT2D eigenvalue weighted by Gasteiger charge is 2.84. The number of hydrogen-bond acceptors (Lipinski definition) is 10. The summed E-state index contributed by atoms with van der Waals surface area (Å²) in [6, 6.07) is 25.5. The van der Waals surface area contributed by atoms with Crippen molar-refractivity contribution in [2.45, 2.75) is 83.6 Å². The first-order chi connectivity index (χ1) is 25.2. The molecule has 0 N–H and O–H groups in total. The second-order valence-corrected chi connectivity index (χ2v) is 15.5. The van der Waals surface area contributed by atoms with E-state index in [-0.39, 0.29) is 23.7 Å². The molecule has 3 aromatic rings. The zero-order valence-corrected chi connectivity index (χ0v) is 30.6. The van der Waals surface area contributed by atoms with Crippen LogP contribution in [0, 0.1) is 29.1 Å². The minimum absolute atomic E-state index is 0.234. The maximum Gasteiger partial charge on any atom is 0.338 e. The van der Waals surface area contributed by atoms with Gasteiger partial charge in [-0.1, -0.05) is 82.3 Å². The normalized spacial score (nSPS) is 34.7. The summed E-state index contributed by atoms with van der Waals surface area (Å²) in [7, 11) is 0. The maximum atomic E-state index is 14.9. The van der Waals surface area contributed by atoms with E-state index in [0.29, 0.717) is 16.7 Å². The van der Waals surface area contributed by atoms with Crippen LogP contribution in [0.3, 0.4) is 0 Å². The maximum absolute atomic E-state index is 14.9. The third-order valence-corrected chi connectivity index (χ3v) is 11.7. The lowest BCUT2D eigenvalue weighted by Crippen LogP contribution is -2.43. The average Bonchev–Trinajstić information content (AvgIpc) is 3.94. The molecule has 10 heteroatoms. The first kappa shape index (κ1) is 36.3.